The van der Waals surface area contributed by atoms with Gasteiger partial charge in [-0.3, -0.25) is 14.9 Å². The second kappa shape index (κ2) is 8.54. The molecule has 7 heteroatoms. The molecule has 0 radical (unpaired) electrons. The van der Waals surface area contributed by atoms with Crippen molar-refractivity contribution in [3.05, 3.63) is 93.5 Å². The minimum absolute atomic E-state index is 0.0372. The predicted molar refractivity (Wildman–Crippen MR) is 108 cm³/mol. The molecule has 0 spiro atoms. The van der Waals surface area contributed by atoms with E-state index in [0.717, 1.165) is 0 Å². The largest absolute Gasteiger partial charge is 0.455 e. The summed E-state index contributed by atoms with van der Waals surface area (Å²) in [5.74, 6) is 0.759. The lowest BCUT2D eigenvalue weighted by Gasteiger charge is -2.23. The fraction of sp³-hybridized carbons (Fsp3) is 0.0952. The van der Waals surface area contributed by atoms with Crippen LogP contribution in [0.2, 0.25) is 5.02 Å². The molecule has 3 aromatic rings. The summed E-state index contributed by atoms with van der Waals surface area (Å²) in [7, 11) is 0. The maximum atomic E-state index is 12.4. The van der Waals surface area contributed by atoms with Crippen LogP contribution >= 0.6 is 11.6 Å². The maximum absolute atomic E-state index is 12.4. The summed E-state index contributed by atoms with van der Waals surface area (Å²) in [6.07, 6.45) is 0. The van der Waals surface area contributed by atoms with Crippen LogP contribution in [0.25, 0.3) is 0 Å². The number of nitro benzene ring substituents is 1. The third kappa shape index (κ3) is 4.47. The first-order chi connectivity index (χ1) is 13.5. The Kier molecular flexibility index (Phi) is 5.91. The number of anilines is 1. The van der Waals surface area contributed by atoms with Crippen LogP contribution in [0, 0.1) is 10.1 Å². The number of hydrogen-bond acceptors (Lipinski definition) is 4. The summed E-state index contributed by atoms with van der Waals surface area (Å²) in [6, 6.07) is 20.2. The highest BCUT2D eigenvalue weighted by Gasteiger charge is 2.21. The summed E-state index contributed by atoms with van der Waals surface area (Å²) in [5, 5.41) is 11.9. The Bertz CT molecular complexity index is 1010. The minimum atomic E-state index is -0.455. The Hall–Kier alpha value is -3.38. The first kappa shape index (κ1) is 19.4. The highest BCUT2D eigenvalue weighted by molar-refractivity contribution is 6.30. The molecule has 0 fully saturated rings. The van der Waals surface area contributed by atoms with Gasteiger partial charge in [0.1, 0.15) is 5.75 Å². The first-order valence-electron chi connectivity index (χ1n) is 8.48. The Labute approximate surface area is 167 Å². The number of hydrogen-bond donors (Lipinski definition) is 0. The molecule has 0 heterocycles. The van der Waals surface area contributed by atoms with Crippen molar-refractivity contribution >= 4 is 28.9 Å². The van der Waals surface area contributed by atoms with Gasteiger partial charge >= 0.3 is 0 Å². The summed E-state index contributed by atoms with van der Waals surface area (Å²) >= 11 is 5.91. The summed E-state index contributed by atoms with van der Waals surface area (Å²) < 4.78 is 5.92. The van der Waals surface area contributed by atoms with E-state index in [1.54, 1.807) is 66.7 Å². The standard InChI is InChI=1S/C21H17ClN2O4/c1-15(25)23(14-16-6-2-3-7-19(16)24(26)27)20-8-4-5-9-21(20)28-18-12-10-17(22)11-13-18/h2-13H,14H2,1H3. The molecule has 3 aromatic carbocycles. The molecule has 0 aromatic heterocycles. The average molecular weight is 397 g/mol. The number of carbonyl (C=O) groups is 1. The third-order valence-electron chi connectivity index (χ3n) is 4.09. The van der Waals surface area contributed by atoms with Crippen LogP contribution in [0.1, 0.15) is 12.5 Å². The summed E-state index contributed by atoms with van der Waals surface area (Å²) in [4.78, 5) is 24.7. The molecule has 0 aliphatic rings. The minimum Gasteiger partial charge on any atom is -0.455 e. The van der Waals surface area contributed by atoms with Crippen molar-refractivity contribution in [2.75, 3.05) is 4.90 Å². The zero-order chi connectivity index (χ0) is 20.1. The van der Waals surface area contributed by atoms with E-state index >= 15 is 0 Å². The molecule has 0 aliphatic carbocycles. The summed E-state index contributed by atoms with van der Waals surface area (Å²) in [6.45, 7) is 1.46. The van der Waals surface area contributed by atoms with Gasteiger partial charge in [0.2, 0.25) is 5.91 Å². The maximum Gasteiger partial charge on any atom is 0.274 e. The molecule has 0 N–H and O–H groups in total. The number of amides is 1. The van der Waals surface area contributed by atoms with E-state index in [0.29, 0.717) is 27.8 Å². The van der Waals surface area contributed by atoms with Gasteiger partial charge in [0.25, 0.3) is 5.69 Å². The van der Waals surface area contributed by atoms with E-state index in [-0.39, 0.29) is 18.1 Å². The van der Waals surface area contributed by atoms with E-state index in [9.17, 15) is 14.9 Å². The molecular formula is C21H17ClN2O4. The number of halogens is 1. The van der Waals surface area contributed by atoms with Crippen LogP contribution in [0.5, 0.6) is 11.5 Å². The predicted octanol–water partition coefficient (Wildman–Crippen LogP) is 5.59. The van der Waals surface area contributed by atoms with Gasteiger partial charge in [-0.25, -0.2) is 0 Å². The molecule has 142 valence electrons. The van der Waals surface area contributed by atoms with Gasteiger partial charge in [-0.15, -0.1) is 0 Å². The Morgan fingerprint density at radius 3 is 2.36 bits per heavy atom. The van der Waals surface area contributed by atoms with Crippen LogP contribution in [0.4, 0.5) is 11.4 Å². The van der Waals surface area contributed by atoms with E-state index in [1.807, 2.05) is 0 Å². The third-order valence-corrected chi connectivity index (χ3v) is 4.35. The SMILES string of the molecule is CC(=O)N(Cc1ccccc1[N+](=O)[O-])c1ccccc1Oc1ccc(Cl)cc1. The molecule has 0 saturated heterocycles. The summed E-state index contributed by atoms with van der Waals surface area (Å²) in [5.41, 5.74) is 0.914. The quantitative estimate of drug-likeness (QED) is 0.402. The lowest BCUT2D eigenvalue weighted by molar-refractivity contribution is -0.385. The highest BCUT2D eigenvalue weighted by Crippen LogP contribution is 2.34. The van der Waals surface area contributed by atoms with E-state index in [2.05, 4.69) is 0 Å². The van der Waals surface area contributed by atoms with E-state index < -0.39 is 4.92 Å². The Balaban J connectivity index is 1.96. The number of carbonyl (C=O) groups excluding carboxylic acids is 1. The first-order valence-corrected chi connectivity index (χ1v) is 8.86. The van der Waals surface area contributed by atoms with Gasteiger partial charge in [0.05, 0.1) is 17.2 Å². The molecule has 0 aliphatic heterocycles. The fourth-order valence-electron chi connectivity index (χ4n) is 2.76. The van der Waals surface area contributed by atoms with Gasteiger partial charge in [-0.05, 0) is 36.4 Å². The van der Waals surface area contributed by atoms with Crippen molar-refractivity contribution in [2.24, 2.45) is 0 Å². The Morgan fingerprint density at radius 2 is 1.68 bits per heavy atom. The van der Waals surface area contributed by atoms with Crippen LogP contribution in [0.15, 0.2) is 72.8 Å². The van der Waals surface area contributed by atoms with Crippen LogP contribution in [0.3, 0.4) is 0 Å². The molecule has 1 amide bonds. The molecule has 0 bridgehead atoms. The van der Waals surface area contributed by atoms with Gasteiger partial charge < -0.3 is 9.64 Å². The van der Waals surface area contributed by atoms with Crippen LogP contribution < -0.4 is 9.64 Å². The number of benzene rings is 3. The molecule has 0 atom stereocenters. The van der Waals surface area contributed by atoms with Crippen molar-refractivity contribution in [3.8, 4) is 11.5 Å². The molecule has 3 rings (SSSR count). The number of nitro groups is 1. The average Bonchev–Trinajstić information content (AvgIpc) is 2.68. The van der Waals surface area contributed by atoms with Crippen LogP contribution in [-0.4, -0.2) is 10.8 Å². The topological polar surface area (TPSA) is 72.7 Å². The number of nitrogens with zero attached hydrogens (tertiary/aromatic N) is 2. The normalized spacial score (nSPS) is 10.4. The molecular weight excluding hydrogens is 380 g/mol. The molecule has 28 heavy (non-hydrogen) atoms. The van der Waals surface area contributed by atoms with Gasteiger partial charge in [-0.2, -0.15) is 0 Å². The molecule has 0 saturated carbocycles. The second-order valence-electron chi connectivity index (χ2n) is 6.01. The zero-order valence-corrected chi connectivity index (χ0v) is 15.8. The van der Waals surface area contributed by atoms with Crippen LogP contribution in [-0.2, 0) is 11.3 Å². The molecule has 0 unspecified atom stereocenters. The van der Waals surface area contributed by atoms with Gasteiger partial charge in [-0.1, -0.05) is 41.9 Å². The van der Waals surface area contributed by atoms with Crippen molar-refractivity contribution in [1.29, 1.82) is 0 Å². The Morgan fingerprint density at radius 1 is 1.04 bits per heavy atom. The van der Waals surface area contributed by atoms with Gasteiger partial charge in [0, 0.05) is 23.6 Å². The number of rotatable bonds is 6. The smallest absolute Gasteiger partial charge is 0.274 e. The number of para-hydroxylation sites is 3. The zero-order valence-electron chi connectivity index (χ0n) is 15.0. The van der Waals surface area contributed by atoms with E-state index in [4.69, 9.17) is 16.3 Å². The van der Waals surface area contributed by atoms with E-state index in [1.165, 1.54) is 17.9 Å². The monoisotopic (exact) mass is 396 g/mol. The van der Waals surface area contributed by atoms with Crippen molar-refractivity contribution in [1.82, 2.24) is 0 Å². The second-order valence-corrected chi connectivity index (χ2v) is 6.45. The lowest BCUT2D eigenvalue weighted by Crippen LogP contribution is -2.28. The fourth-order valence-corrected chi connectivity index (χ4v) is 2.88. The van der Waals surface area contributed by atoms with Crippen molar-refractivity contribution < 1.29 is 14.5 Å². The van der Waals surface area contributed by atoms with Crippen molar-refractivity contribution in [3.63, 3.8) is 0 Å². The number of ether oxygens (including phenoxy) is 1. The molecule has 6 nitrogen and oxygen atoms in total. The lowest BCUT2D eigenvalue weighted by atomic mass is 10.1. The highest BCUT2D eigenvalue weighted by atomic mass is 35.5. The van der Waals surface area contributed by atoms with Gasteiger partial charge in [0.15, 0.2) is 5.75 Å². The van der Waals surface area contributed by atoms with Crippen molar-refractivity contribution in [2.45, 2.75) is 13.5 Å².